The first kappa shape index (κ1) is 27.0. The molecule has 0 aromatic heterocycles. The Morgan fingerprint density at radius 3 is 2.06 bits per heavy atom. The van der Waals surface area contributed by atoms with Crippen LogP contribution in [0, 0.1) is 5.92 Å². The average molecular weight is 458 g/mol. The summed E-state index contributed by atoms with van der Waals surface area (Å²) in [5, 5.41) is 2.89. The Kier molecular flexibility index (Phi) is 12.7. The maximum absolute atomic E-state index is 12.3. The first-order valence-corrected chi connectivity index (χ1v) is 11.7. The van der Waals surface area contributed by atoms with Gasteiger partial charge in [-0.05, 0) is 48.6 Å². The van der Waals surface area contributed by atoms with Crippen LogP contribution < -0.4 is 5.32 Å². The lowest BCUT2D eigenvalue weighted by atomic mass is 10.1. The van der Waals surface area contributed by atoms with Crippen LogP contribution in [0.5, 0.6) is 0 Å². The fourth-order valence-electron chi connectivity index (χ4n) is 3.04. The van der Waals surface area contributed by atoms with Crippen molar-refractivity contribution in [2.24, 2.45) is 5.92 Å². The molecule has 0 aliphatic rings. The lowest BCUT2D eigenvalue weighted by Gasteiger charge is -2.10. The molecule has 0 aliphatic carbocycles. The minimum absolute atomic E-state index is 0.103. The van der Waals surface area contributed by atoms with Gasteiger partial charge in [-0.25, -0.2) is 0 Å². The van der Waals surface area contributed by atoms with Crippen LogP contribution >= 0.6 is 0 Å². The molecule has 0 saturated carbocycles. The molecule has 6 nitrogen and oxygen atoms in total. The number of hydrogen-bond acceptors (Lipinski definition) is 5. The fraction of sp³-hybridized carbons (Fsp3) is 0.519. The highest BCUT2D eigenvalue weighted by molar-refractivity contribution is 5.94. The molecule has 2 aromatic carbocycles. The van der Waals surface area contributed by atoms with Crippen LogP contribution in [0.2, 0.25) is 0 Å². The number of nitrogens with one attached hydrogen (secondary N) is 1. The van der Waals surface area contributed by atoms with Gasteiger partial charge in [-0.15, -0.1) is 0 Å². The van der Waals surface area contributed by atoms with Crippen molar-refractivity contribution in [1.29, 1.82) is 0 Å². The fourth-order valence-corrected chi connectivity index (χ4v) is 3.04. The number of carbonyl (C=O) groups excluding carboxylic acids is 1. The summed E-state index contributed by atoms with van der Waals surface area (Å²) in [5.41, 5.74) is 3.88. The number of benzene rings is 2. The molecule has 1 N–H and O–H groups in total. The van der Waals surface area contributed by atoms with Gasteiger partial charge in [0.05, 0.1) is 45.7 Å². The molecule has 0 unspecified atom stereocenters. The first-order valence-electron chi connectivity index (χ1n) is 11.7. The second kappa shape index (κ2) is 15.6. The normalized spacial score (nSPS) is 11.3. The van der Waals surface area contributed by atoms with Crippen molar-refractivity contribution < 1.29 is 23.7 Å². The third kappa shape index (κ3) is 12.0. The average Bonchev–Trinajstić information content (AvgIpc) is 2.79. The third-order valence-electron chi connectivity index (χ3n) is 4.68. The summed E-state index contributed by atoms with van der Waals surface area (Å²) >= 11 is 0. The van der Waals surface area contributed by atoms with Gasteiger partial charge in [0.25, 0.3) is 5.91 Å². The Hall–Kier alpha value is -2.25. The number of ether oxygens (including phenoxy) is 4. The smallest absolute Gasteiger partial charge is 0.251 e. The molecule has 182 valence electrons. The zero-order valence-corrected chi connectivity index (χ0v) is 20.5. The SMILES string of the molecule is CC(C)COCc1ccc(C(=O)NCCOCc2cccc(COCCOC(C)C)c2)cc1. The topological polar surface area (TPSA) is 66.0 Å². The monoisotopic (exact) mass is 457 g/mol. The Morgan fingerprint density at radius 2 is 1.42 bits per heavy atom. The zero-order chi connectivity index (χ0) is 23.9. The molecule has 2 rings (SSSR count). The highest BCUT2D eigenvalue weighted by Crippen LogP contribution is 2.09. The largest absolute Gasteiger partial charge is 0.377 e. The Morgan fingerprint density at radius 1 is 0.788 bits per heavy atom. The standard InChI is InChI=1S/C27H39NO5/c1-21(2)17-32-18-23-8-10-26(11-9-23)27(29)28-12-13-30-19-24-6-5-7-25(16-24)20-31-14-15-33-22(3)4/h5-11,16,21-22H,12-15,17-20H2,1-4H3,(H,28,29). The van der Waals surface area contributed by atoms with Crippen molar-refractivity contribution in [3.05, 3.63) is 70.8 Å². The van der Waals surface area contributed by atoms with Gasteiger partial charge in [-0.1, -0.05) is 50.2 Å². The molecule has 1 amide bonds. The highest BCUT2D eigenvalue weighted by atomic mass is 16.5. The number of rotatable bonds is 16. The van der Waals surface area contributed by atoms with Gasteiger partial charge < -0.3 is 24.3 Å². The van der Waals surface area contributed by atoms with Crippen LogP contribution in [0.15, 0.2) is 48.5 Å². The van der Waals surface area contributed by atoms with E-state index in [2.05, 4.69) is 25.2 Å². The molecule has 33 heavy (non-hydrogen) atoms. The van der Waals surface area contributed by atoms with E-state index < -0.39 is 0 Å². The quantitative estimate of drug-likeness (QED) is 0.369. The maximum atomic E-state index is 12.3. The molecule has 2 aromatic rings. The Bertz CT molecular complexity index is 804. The lowest BCUT2D eigenvalue weighted by molar-refractivity contribution is 0.0142. The van der Waals surface area contributed by atoms with Crippen molar-refractivity contribution >= 4 is 5.91 Å². The number of carbonyl (C=O) groups is 1. The minimum atomic E-state index is -0.103. The molecule has 0 aliphatic heterocycles. The summed E-state index contributed by atoms with van der Waals surface area (Å²) < 4.78 is 22.5. The van der Waals surface area contributed by atoms with Crippen molar-refractivity contribution in [3.63, 3.8) is 0 Å². The maximum Gasteiger partial charge on any atom is 0.251 e. The molecule has 6 heteroatoms. The van der Waals surface area contributed by atoms with Gasteiger partial charge in [0.15, 0.2) is 0 Å². The van der Waals surface area contributed by atoms with Gasteiger partial charge in [-0.3, -0.25) is 4.79 Å². The summed E-state index contributed by atoms with van der Waals surface area (Å²) in [4.78, 5) is 12.3. The zero-order valence-electron chi connectivity index (χ0n) is 20.5. The van der Waals surface area contributed by atoms with Crippen LogP contribution in [-0.4, -0.2) is 45.0 Å². The van der Waals surface area contributed by atoms with Gasteiger partial charge in [0.2, 0.25) is 0 Å². The molecule has 0 spiro atoms. The van der Waals surface area contributed by atoms with E-state index in [0.717, 1.165) is 23.3 Å². The van der Waals surface area contributed by atoms with Crippen molar-refractivity contribution in [2.75, 3.05) is 33.0 Å². The van der Waals surface area contributed by atoms with E-state index in [9.17, 15) is 4.79 Å². The van der Waals surface area contributed by atoms with Crippen LogP contribution in [-0.2, 0) is 38.8 Å². The molecule has 0 fully saturated rings. The summed E-state index contributed by atoms with van der Waals surface area (Å²) in [6.07, 6.45) is 0.221. The molecule has 0 atom stereocenters. The second-order valence-electron chi connectivity index (χ2n) is 8.71. The van der Waals surface area contributed by atoms with E-state index in [4.69, 9.17) is 18.9 Å². The van der Waals surface area contributed by atoms with Gasteiger partial charge in [0.1, 0.15) is 0 Å². The van der Waals surface area contributed by atoms with E-state index in [1.165, 1.54) is 0 Å². The second-order valence-corrected chi connectivity index (χ2v) is 8.71. The van der Waals surface area contributed by atoms with Crippen molar-refractivity contribution in [1.82, 2.24) is 5.32 Å². The molecule has 0 saturated heterocycles. The van der Waals surface area contributed by atoms with Gasteiger partial charge >= 0.3 is 0 Å². The minimum Gasteiger partial charge on any atom is -0.377 e. The summed E-state index contributed by atoms with van der Waals surface area (Å²) in [6.45, 7) is 12.7. The van der Waals surface area contributed by atoms with E-state index in [1.54, 1.807) is 0 Å². The molecule has 0 heterocycles. The van der Waals surface area contributed by atoms with Crippen LogP contribution in [0.3, 0.4) is 0 Å². The summed E-state index contributed by atoms with van der Waals surface area (Å²) in [6, 6.07) is 15.7. The molecule has 0 radical (unpaired) electrons. The number of hydrogen-bond donors (Lipinski definition) is 1. The lowest BCUT2D eigenvalue weighted by Crippen LogP contribution is -2.27. The van der Waals surface area contributed by atoms with E-state index in [0.29, 0.717) is 57.7 Å². The summed E-state index contributed by atoms with van der Waals surface area (Å²) in [7, 11) is 0. The molecule has 0 bridgehead atoms. The van der Waals surface area contributed by atoms with E-state index >= 15 is 0 Å². The first-order chi connectivity index (χ1) is 15.9. The van der Waals surface area contributed by atoms with E-state index in [-0.39, 0.29) is 12.0 Å². The van der Waals surface area contributed by atoms with Gasteiger partial charge in [0, 0.05) is 18.7 Å². The van der Waals surface area contributed by atoms with E-state index in [1.807, 2.05) is 56.3 Å². The summed E-state index contributed by atoms with van der Waals surface area (Å²) in [5.74, 6) is 0.406. The third-order valence-corrected chi connectivity index (χ3v) is 4.68. The molecular weight excluding hydrogens is 418 g/mol. The van der Waals surface area contributed by atoms with Crippen molar-refractivity contribution in [2.45, 2.75) is 53.6 Å². The Balaban J connectivity index is 1.61. The van der Waals surface area contributed by atoms with Crippen LogP contribution in [0.25, 0.3) is 0 Å². The number of amides is 1. The highest BCUT2D eigenvalue weighted by Gasteiger charge is 2.05. The van der Waals surface area contributed by atoms with Gasteiger partial charge in [-0.2, -0.15) is 0 Å². The van der Waals surface area contributed by atoms with Crippen LogP contribution in [0.4, 0.5) is 0 Å². The molecular formula is C27H39NO5. The predicted molar refractivity (Wildman–Crippen MR) is 130 cm³/mol. The van der Waals surface area contributed by atoms with Crippen LogP contribution in [0.1, 0.15) is 54.7 Å². The van der Waals surface area contributed by atoms with Crippen molar-refractivity contribution in [3.8, 4) is 0 Å². The Labute approximate surface area is 198 Å². The predicted octanol–water partition coefficient (Wildman–Crippen LogP) is 4.75.